The van der Waals surface area contributed by atoms with Gasteiger partial charge in [-0.2, -0.15) is 0 Å². The zero-order valence-corrected chi connectivity index (χ0v) is 13.1. The van der Waals surface area contributed by atoms with Crippen molar-refractivity contribution in [2.75, 3.05) is 17.3 Å². The molecule has 0 aliphatic heterocycles. The second kappa shape index (κ2) is 7.45. The number of hydrogen-bond donors (Lipinski definition) is 1. The summed E-state index contributed by atoms with van der Waals surface area (Å²) in [6, 6.07) is 14.3. The van der Waals surface area contributed by atoms with Crippen LogP contribution in [0.5, 0.6) is 0 Å². The van der Waals surface area contributed by atoms with Crippen LogP contribution < -0.4 is 10.2 Å². The topological polar surface area (TPSA) is 54.5 Å². The minimum Gasteiger partial charge on any atom is -0.453 e. The molecule has 0 spiro atoms. The van der Waals surface area contributed by atoms with Gasteiger partial charge in [0.2, 0.25) is 0 Å². The molecule has 0 aliphatic carbocycles. The predicted molar refractivity (Wildman–Crippen MR) is 88.0 cm³/mol. The van der Waals surface area contributed by atoms with Gasteiger partial charge in [0, 0.05) is 12.6 Å². The third-order valence-electron chi connectivity index (χ3n) is 3.29. The lowest BCUT2D eigenvalue weighted by Gasteiger charge is -2.28. The Bertz CT molecular complexity index is 597. The number of nitrogens with zero attached hydrogens (tertiary/aromatic N) is 2. The number of benzene rings is 1. The zero-order valence-electron chi connectivity index (χ0n) is 13.1. The Kier molecular flexibility index (Phi) is 5.36. The molecule has 1 heterocycles. The summed E-state index contributed by atoms with van der Waals surface area (Å²) in [5.74, 6) is 0.870. The van der Waals surface area contributed by atoms with Crippen LogP contribution in [0.1, 0.15) is 19.4 Å². The highest BCUT2D eigenvalue weighted by Gasteiger charge is 2.12. The number of amides is 1. The van der Waals surface area contributed by atoms with E-state index >= 15 is 0 Å². The van der Waals surface area contributed by atoms with Crippen molar-refractivity contribution < 1.29 is 9.53 Å². The fourth-order valence-electron chi connectivity index (χ4n) is 2.11. The number of hydrogen-bond acceptors (Lipinski definition) is 4. The summed E-state index contributed by atoms with van der Waals surface area (Å²) in [7, 11) is 1.33. The number of carbonyl (C=O) groups is 1. The third kappa shape index (κ3) is 4.22. The third-order valence-corrected chi connectivity index (χ3v) is 3.29. The molecular weight excluding hydrogens is 278 g/mol. The molecule has 0 radical (unpaired) electrons. The Balaban J connectivity index is 2.13. The van der Waals surface area contributed by atoms with Gasteiger partial charge >= 0.3 is 6.09 Å². The molecule has 1 amide bonds. The highest BCUT2D eigenvalue weighted by Crippen LogP contribution is 2.19. The molecule has 116 valence electrons. The van der Waals surface area contributed by atoms with Gasteiger partial charge in [0.05, 0.1) is 19.0 Å². The van der Waals surface area contributed by atoms with Gasteiger partial charge in [-0.3, -0.25) is 5.32 Å². The van der Waals surface area contributed by atoms with Crippen LogP contribution in [0.4, 0.5) is 16.3 Å². The van der Waals surface area contributed by atoms with Gasteiger partial charge in [0.1, 0.15) is 5.82 Å². The smallest absolute Gasteiger partial charge is 0.411 e. The monoisotopic (exact) mass is 299 g/mol. The first-order valence-electron chi connectivity index (χ1n) is 7.21. The van der Waals surface area contributed by atoms with Gasteiger partial charge in [-0.05, 0) is 31.5 Å². The van der Waals surface area contributed by atoms with Gasteiger partial charge in [-0.15, -0.1) is 0 Å². The molecule has 2 rings (SSSR count). The summed E-state index contributed by atoms with van der Waals surface area (Å²) in [5.41, 5.74) is 1.84. The molecule has 0 atom stereocenters. The molecule has 0 fully saturated rings. The molecule has 2 aromatic rings. The summed E-state index contributed by atoms with van der Waals surface area (Å²) >= 11 is 0. The van der Waals surface area contributed by atoms with E-state index in [9.17, 15) is 4.79 Å². The molecule has 22 heavy (non-hydrogen) atoms. The van der Waals surface area contributed by atoms with E-state index in [0.717, 1.165) is 12.4 Å². The molecule has 0 saturated heterocycles. The van der Waals surface area contributed by atoms with Gasteiger partial charge in [0.25, 0.3) is 0 Å². The van der Waals surface area contributed by atoms with Crippen LogP contribution in [-0.2, 0) is 11.3 Å². The van der Waals surface area contributed by atoms with E-state index in [1.54, 1.807) is 6.20 Å². The van der Waals surface area contributed by atoms with Gasteiger partial charge in [0.15, 0.2) is 0 Å². The molecule has 1 N–H and O–H groups in total. The number of rotatable bonds is 5. The Hall–Kier alpha value is -2.56. The van der Waals surface area contributed by atoms with Gasteiger partial charge in [-0.1, -0.05) is 30.3 Å². The van der Waals surface area contributed by atoms with E-state index in [1.165, 1.54) is 12.7 Å². The van der Waals surface area contributed by atoms with Crippen molar-refractivity contribution in [3.8, 4) is 0 Å². The molecule has 0 unspecified atom stereocenters. The maximum atomic E-state index is 11.2. The highest BCUT2D eigenvalue weighted by molar-refractivity contribution is 5.84. The van der Waals surface area contributed by atoms with Crippen LogP contribution in [0.2, 0.25) is 0 Å². The average Bonchev–Trinajstić information content (AvgIpc) is 2.54. The second-order valence-electron chi connectivity index (χ2n) is 5.23. The summed E-state index contributed by atoms with van der Waals surface area (Å²) in [4.78, 5) is 17.8. The molecule has 0 bridgehead atoms. The Morgan fingerprint density at radius 1 is 1.23 bits per heavy atom. The number of aromatic nitrogens is 1. The molecular formula is C17H21N3O2. The lowest BCUT2D eigenvalue weighted by atomic mass is 10.2. The largest absolute Gasteiger partial charge is 0.453 e. The lowest BCUT2D eigenvalue weighted by Crippen LogP contribution is -2.30. The van der Waals surface area contributed by atoms with Crippen molar-refractivity contribution in [3.05, 3.63) is 54.2 Å². The molecule has 0 saturated carbocycles. The Morgan fingerprint density at radius 2 is 1.95 bits per heavy atom. The summed E-state index contributed by atoms with van der Waals surface area (Å²) in [5, 5.41) is 2.59. The van der Waals surface area contributed by atoms with Crippen LogP contribution in [0, 0.1) is 0 Å². The number of pyridine rings is 1. The van der Waals surface area contributed by atoms with Gasteiger partial charge < -0.3 is 9.64 Å². The lowest BCUT2D eigenvalue weighted by molar-refractivity contribution is 0.187. The number of carbonyl (C=O) groups excluding carboxylic acids is 1. The fraction of sp³-hybridized carbons (Fsp3) is 0.294. The van der Waals surface area contributed by atoms with Crippen molar-refractivity contribution in [2.45, 2.75) is 26.4 Å². The van der Waals surface area contributed by atoms with Crippen LogP contribution in [0.25, 0.3) is 0 Å². The van der Waals surface area contributed by atoms with Crippen molar-refractivity contribution in [1.82, 2.24) is 4.98 Å². The zero-order chi connectivity index (χ0) is 15.9. The van der Waals surface area contributed by atoms with Crippen molar-refractivity contribution in [1.29, 1.82) is 0 Å². The minimum absolute atomic E-state index is 0.312. The number of ether oxygens (including phenoxy) is 1. The van der Waals surface area contributed by atoms with E-state index in [0.29, 0.717) is 11.7 Å². The first-order valence-corrected chi connectivity index (χ1v) is 7.21. The summed E-state index contributed by atoms with van der Waals surface area (Å²) < 4.78 is 4.56. The Morgan fingerprint density at radius 3 is 2.50 bits per heavy atom. The number of nitrogens with one attached hydrogen (secondary N) is 1. The number of methoxy groups -OCH3 is 1. The second-order valence-corrected chi connectivity index (χ2v) is 5.23. The van der Waals surface area contributed by atoms with Gasteiger partial charge in [-0.25, -0.2) is 9.78 Å². The van der Waals surface area contributed by atoms with Crippen LogP contribution >= 0.6 is 0 Å². The van der Waals surface area contributed by atoms with E-state index in [2.05, 4.69) is 45.9 Å². The number of anilines is 2. The molecule has 5 heteroatoms. The molecule has 5 nitrogen and oxygen atoms in total. The standard InChI is InChI=1S/C17H21N3O2/c1-13(2)20(12-14-7-5-4-6-8-14)16-10-9-15(11-18-16)19-17(21)22-3/h4-11,13H,12H2,1-3H3,(H,19,21). The predicted octanol–water partition coefficient (Wildman–Crippen LogP) is 3.67. The van der Waals surface area contributed by atoms with Crippen molar-refractivity contribution in [2.24, 2.45) is 0 Å². The Labute approximate surface area is 130 Å². The minimum atomic E-state index is -0.500. The van der Waals surface area contributed by atoms with Crippen LogP contribution in [0.3, 0.4) is 0 Å². The van der Waals surface area contributed by atoms with Crippen LogP contribution in [-0.4, -0.2) is 24.2 Å². The average molecular weight is 299 g/mol. The quantitative estimate of drug-likeness (QED) is 0.915. The summed E-state index contributed by atoms with van der Waals surface area (Å²) in [6.07, 6.45) is 1.13. The maximum absolute atomic E-state index is 11.2. The molecule has 0 aliphatic rings. The first-order chi connectivity index (χ1) is 10.6. The highest BCUT2D eigenvalue weighted by atomic mass is 16.5. The van der Waals surface area contributed by atoms with Crippen molar-refractivity contribution >= 4 is 17.6 Å². The van der Waals surface area contributed by atoms with E-state index < -0.39 is 6.09 Å². The maximum Gasteiger partial charge on any atom is 0.411 e. The van der Waals surface area contributed by atoms with Crippen molar-refractivity contribution in [3.63, 3.8) is 0 Å². The fourth-order valence-corrected chi connectivity index (χ4v) is 2.11. The van der Waals surface area contributed by atoms with E-state index in [1.807, 2.05) is 30.3 Å². The molecule has 1 aromatic heterocycles. The SMILES string of the molecule is COC(=O)Nc1ccc(N(Cc2ccccc2)C(C)C)nc1. The van der Waals surface area contributed by atoms with E-state index in [4.69, 9.17) is 0 Å². The van der Waals surface area contributed by atoms with E-state index in [-0.39, 0.29) is 0 Å². The summed E-state index contributed by atoms with van der Waals surface area (Å²) in [6.45, 7) is 5.05. The first kappa shape index (κ1) is 15.8. The van der Waals surface area contributed by atoms with Crippen LogP contribution in [0.15, 0.2) is 48.7 Å². The normalized spacial score (nSPS) is 10.4. The molecule has 1 aromatic carbocycles.